The highest BCUT2D eigenvalue weighted by molar-refractivity contribution is 6.45. The second-order valence-electron chi connectivity index (χ2n) is 5.47. The first-order chi connectivity index (χ1) is 13.0. The first kappa shape index (κ1) is 18.7. The third kappa shape index (κ3) is 4.19. The van der Waals surface area contributed by atoms with Gasteiger partial charge in [0.15, 0.2) is 0 Å². The van der Waals surface area contributed by atoms with E-state index in [-0.39, 0.29) is 21.5 Å². The molecular weight excluding hydrogens is 389 g/mol. The molecule has 27 heavy (non-hydrogen) atoms. The molecule has 8 heteroatoms. The third-order valence-corrected chi connectivity index (χ3v) is 4.53. The molecule has 0 aromatic heterocycles. The molecule has 3 aromatic rings. The number of amides is 2. The van der Waals surface area contributed by atoms with Gasteiger partial charge < -0.3 is 10.4 Å². The van der Waals surface area contributed by atoms with Gasteiger partial charge in [0.2, 0.25) is 0 Å². The zero-order chi connectivity index (χ0) is 19.4. The third-order valence-electron chi connectivity index (χ3n) is 3.71. The summed E-state index contributed by atoms with van der Waals surface area (Å²) in [6.45, 7) is 0. The molecule has 0 spiro atoms. The van der Waals surface area contributed by atoms with Gasteiger partial charge in [-0.3, -0.25) is 9.59 Å². The van der Waals surface area contributed by atoms with Gasteiger partial charge in [-0.1, -0.05) is 59.6 Å². The molecule has 0 fully saturated rings. The lowest BCUT2D eigenvalue weighted by Crippen LogP contribution is -2.32. The summed E-state index contributed by atoms with van der Waals surface area (Å²) in [5.41, 5.74) is 2.74. The highest BCUT2D eigenvalue weighted by Crippen LogP contribution is 2.29. The van der Waals surface area contributed by atoms with Crippen molar-refractivity contribution in [3.8, 4) is 5.75 Å². The number of phenolic OH excluding ortho intramolecular Hbond substituents is 1. The van der Waals surface area contributed by atoms with E-state index in [9.17, 15) is 14.7 Å². The zero-order valence-electron chi connectivity index (χ0n) is 13.7. The van der Waals surface area contributed by atoms with Crippen molar-refractivity contribution in [1.29, 1.82) is 0 Å². The molecule has 0 aliphatic rings. The molecule has 0 atom stereocenters. The van der Waals surface area contributed by atoms with E-state index in [0.29, 0.717) is 5.56 Å². The smallest absolute Gasteiger partial charge is 0.329 e. The molecule has 0 bridgehead atoms. The van der Waals surface area contributed by atoms with Crippen molar-refractivity contribution < 1.29 is 14.7 Å². The minimum absolute atomic E-state index is 0.00172. The summed E-state index contributed by atoms with van der Waals surface area (Å²) in [6, 6.07) is 15.3. The van der Waals surface area contributed by atoms with E-state index in [1.807, 2.05) is 24.3 Å². The van der Waals surface area contributed by atoms with Crippen LogP contribution in [0.4, 0.5) is 5.69 Å². The highest BCUT2D eigenvalue weighted by Gasteiger charge is 2.15. The number of hydrazone groups is 1. The van der Waals surface area contributed by atoms with Crippen molar-refractivity contribution in [2.75, 3.05) is 5.32 Å². The number of rotatable bonds is 3. The molecule has 3 N–H and O–H groups in total. The van der Waals surface area contributed by atoms with E-state index in [2.05, 4.69) is 15.8 Å². The lowest BCUT2D eigenvalue weighted by molar-refractivity contribution is -0.136. The summed E-state index contributed by atoms with van der Waals surface area (Å²) in [4.78, 5) is 23.9. The van der Waals surface area contributed by atoms with Gasteiger partial charge in [-0.2, -0.15) is 5.10 Å². The van der Waals surface area contributed by atoms with Gasteiger partial charge in [0.1, 0.15) is 5.75 Å². The molecule has 0 heterocycles. The minimum Gasteiger partial charge on any atom is -0.507 e. The van der Waals surface area contributed by atoms with E-state index in [1.165, 1.54) is 18.3 Å². The number of halogens is 2. The number of phenols is 1. The fourth-order valence-corrected chi connectivity index (χ4v) is 2.75. The molecule has 0 radical (unpaired) electrons. The summed E-state index contributed by atoms with van der Waals surface area (Å²) in [5, 5.41) is 18.2. The molecule has 0 unspecified atom stereocenters. The quantitative estimate of drug-likeness (QED) is 0.352. The van der Waals surface area contributed by atoms with Gasteiger partial charge in [0, 0.05) is 5.56 Å². The molecule has 0 saturated heterocycles. The Bertz CT molecular complexity index is 1070. The van der Waals surface area contributed by atoms with Gasteiger partial charge >= 0.3 is 11.8 Å². The number of hydrogen-bond acceptors (Lipinski definition) is 4. The van der Waals surface area contributed by atoms with Crippen molar-refractivity contribution in [3.05, 3.63) is 70.2 Å². The van der Waals surface area contributed by atoms with Crippen LogP contribution >= 0.6 is 23.2 Å². The largest absolute Gasteiger partial charge is 0.507 e. The summed E-state index contributed by atoms with van der Waals surface area (Å²) in [6.07, 6.45) is 1.27. The van der Waals surface area contributed by atoms with E-state index >= 15 is 0 Å². The Hall–Kier alpha value is -3.09. The van der Waals surface area contributed by atoms with Crippen LogP contribution in [0.15, 0.2) is 59.7 Å². The first-order valence-electron chi connectivity index (χ1n) is 7.76. The SMILES string of the molecule is O=C(NN=Cc1c(O)ccc2ccccc12)C(=O)Nc1cccc(Cl)c1Cl. The molecule has 0 saturated carbocycles. The van der Waals surface area contributed by atoms with Crippen LogP contribution in [0.2, 0.25) is 10.0 Å². The summed E-state index contributed by atoms with van der Waals surface area (Å²) in [5.74, 6) is -1.96. The number of benzene rings is 3. The molecule has 3 aromatic carbocycles. The predicted molar refractivity (Wildman–Crippen MR) is 106 cm³/mol. The van der Waals surface area contributed by atoms with E-state index < -0.39 is 11.8 Å². The van der Waals surface area contributed by atoms with Crippen LogP contribution in [0.1, 0.15) is 5.56 Å². The average Bonchev–Trinajstić information content (AvgIpc) is 2.67. The van der Waals surface area contributed by atoms with Crippen molar-refractivity contribution >= 4 is 57.7 Å². The number of carbonyl (C=O) groups excluding carboxylic acids is 2. The fraction of sp³-hybridized carbons (Fsp3) is 0. The Morgan fingerprint density at radius 2 is 1.74 bits per heavy atom. The molecule has 0 aliphatic heterocycles. The van der Waals surface area contributed by atoms with Crippen LogP contribution in [0, 0.1) is 0 Å². The maximum atomic E-state index is 11.9. The second kappa shape index (κ2) is 8.07. The summed E-state index contributed by atoms with van der Waals surface area (Å²) < 4.78 is 0. The van der Waals surface area contributed by atoms with E-state index in [1.54, 1.807) is 18.2 Å². The Morgan fingerprint density at radius 1 is 0.963 bits per heavy atom. The monoisotopic (exact) mass is 401 g/mol. The first-order valence-corrected chi connectivity index (χ1v) is 8.52. The molecule has 3 rings (SSSR count). The Balaban J connectivity index is 1.71. The van der Waals surface area contributed by atoms with Gasteiger partial charge in [-0.25, -0.2) is 5.43 Å². The maximum Gasteiger partial charge on any atom is 0.329 e. The van der Waals surface area contributed by atoms with Crippen molar-refractivity contribution in [2.24, 2.45) is 5.10 Å². The second-order valence-corrected chi connectivity index (χ2v) is 6.26. The van der Waals surface area contributed by atoms with E-state index in [0.717, 1.165) is 10.8 Å². The normalized spacial score (nSPS) is 10.9. The number of anilines is 1. The number of aromatic hydroxyl groups is 1. The lowest BCUT2D eigenvalue weighted by atomic mass is 10.0. The van der Waals surface area contributed by atoms with E-state index in [4.69, 9.17) is 23.2 Å². The minimum atomic E-state index is -0.998. The Kier molecular flexibility index (Phi) is 5.59. The summed E-state index contributed by atoms with van der Waals surface area (Å²) >= 11 is 11.8. The number of carbonyl (C=O) groups is 2. The topological polar surface area (TPSA) is 90.8 Å². The molecule has 6 nitrogen and oxygen atoms in total. The van der Waals surface area contributed by atoms with Crippen LogP contribution in [0.5, 0.6) is 5.75 Å². The van der Waals surface area contributed by atoms with Crippen LogP contribution in [0.3, 0.4) is 0 Å². The van der Waals surface area contributed by atoms with Gasteiger partial charge in [0.25, 0.3) is 0 Å². The van der Waals surface area contributed by atoms with Crippen LogP contribution in [0.25, 0.3) is 10.8 Å². The van der Waals surface area contributed by atoms with Crippen LogP contribution < -0.4 is 10.7 Å². The predicted octanol–water partition coefficient (Wildman–Crippen LogP) is 3.94. The molecular formula is C19H13Cl2N3O3. The van der Waals surface area contributed by atoms with Gasteiger partial charge in [-0.05, 0) is 29.0 Å². The van der Waals surface area contributed by atoms with Gasteiger partial charge in [-0.15, -0.1) is 0 Å². The number of nitrogens with zero attached hydrogens (tertiary/aromatic N) is 1. The highest BCUT2D eigenvalue weighted by atomic mass is 35.5. The Morgan fingerprint density at radius 3 is 2.56 bits per heavy atom. The van der Waals surface area contributed by atoms with Gasteiger partial charge in [0.05, 0.1) is 21.9 Å². The summed E-state index contributed by atoms with van der Waals surface area (Å²) in [7, 11) is 0. The number of fused-ring (bicyclic) bond motifs is 1. The number of nitrogens with one attached hydrogen (secondary N) is 2. The number of hydrogen-bond donors (Lipinski definition) is 3. The Labute approximate surface area is 164 Å². The molecule has 136 valence electrons. The maximum absolute atomic E-state index is 11.9. The lowest BCUT2D eigenvalue weighted by Gasteiger charge is -2.07. The van der Waals surface area contributed by atoms with Crippen molar-refractivity contribution in [3.63, 3.8) is 0 Å². The molecule has 0 aliphatic carbocycles. The van der Waals surface area contributed by atoms with Crippen molar-refractivity contribution in [1.82, 2.24) is 5.43 Å². The van der Waals surface area contributed by atoms with Crippen molar-refractivity contribution in [2.45, 2.75) is 0 Å². The van der Waals surface area contributed by atoms with Crippen LogP contribution in [-0.2, 0) is 9.59 Å². The average molecular weight is 402 g/mol. The van der Waals surface area contributed by atoms with Crippen LogP contribution in [-0.4, -0.2) is 23.1 Å². The standard InChI is InChI=1S/C19H13Cl2N3O3/c20-14-6-3-7-15(17(14)21)23-18(26)19(27)24-22-10-13-12-5-2-1-4-11(12)8-9-16(13)25/h1-10,25H,(H,23,26)(H,24,27). The fourth-order valence-electron chi connectivity index (χ4n) is 2.41. The zero-order valence-corrected chi connectivity index (χ0v) is 15.3. The molecule has 2 amide bonds.